The molecule has 2 heterocycles. The van der Waals surface area contributed by atoms with Gasteiger partial charge in [0.25, 0.3) is 11.8 Å². The van der Waals surface area contributed by atoms with Gasteiger partial charge in [-0.15, -0.1) is 0 Å². The van der Waals surface area contributed by atoms with E-state index in [1.807, 2.05) is 0 Å². The van der Waals surface area contributed by atoms with Gasteiger partial charge in [-0.25, -0.2) is 9.29 Å². The van der Waals surface area contributed by atoms with Crippen molar-refractivity contribution in [2.75, 3.05) is 16.8 Å². The van der Waals surface area contributed by atoms with Gasteiger partial charge in [-0.1, -0.05) is 16.8 Å². The summed E-state index contributed by atoms with van der Waals surface area (Å²) in [5.74, 6) is -1.93. The van der Waals surface area contributed by atoms with Crippen LogP contribution in [0.4, 0.5) is 15.8 Å². The Kier molecular flexibility index (Phi) is 4.52. The Bertz CT molecular complexity index is 980. The normalized spacial score (nSPS) is 20.6. The van der Waals surface area contributed by atoms with Crippen LogP contribution < -0.4 is 10.2 Å². The van der Waals surface area contributed by atoms with Crippen molar-refractivity contribution in [3.8, 4) is 0 Å². The highest BCUT2D eigenvalue weighted by molar-refractivity contribution is 6.31. The molecule has 2 aromatic carbocycles. The molecule has 28 heavy (non-hydrogen) atoms. The quantitative estimate of drug-likeness (QED) is 0.796. The minimum absolute atomic E-state index is 0.282. The molecule has 1 saturated heterocycles. The maximum absolute atomic E-state index is 12.9. The van der Waals surface area contributed by atoms with Crippen LogP contribution in [0.25, 0.3) is 0 Å². The van der Waals surface area contributed by atoms with Crippen LogP contribution in [0.15, 0.2) is 58.9 Å². The van der Waals surface area contributed by atoms with Gasteiger partial charge in [-0.05, 0) is 48.5 Å². The molecule has 0 aliphatic carbocycles. The number of anilines is 2. The number of fused-ring (bicyclic) bond motifs is 1. The fourth-order valence-corrected chi connectivity index (χ4v) is 3.21. The second-order valence-corrected chi connectivity index (χ2v) is 6.67. The zero-order valence-electron chi connectivity index (χ0n) is 14.3. The number of carbonyl (C=O) groups is 3. The molecule has 142 valence electrons. The van der Waals surface area contributed by atoms with E-state index in [1.165, 1.54) is 29.3 Å². The molecule has 0 bridgehead atoms. The number of carbonyl (C=O) groups excluding carboxylic acids is 3. The van der Waals surface area contributed by atoms with Crippen LogP contribution in [0, 0.1) is 5.82 Å². The third kappa shape index (κ3) is 3.20. The molecule has 2 aliphatic rings. The maximum Gasteiger partial charge on any atom is 0.263 e. The van der Waals surface area contributed by atoms with Crippen LogP contribution >= 0.6 is 11.6 Å². The van der Waals surface area contributed by atoms with Crippen molar-refractivity contribution in [3.63, 3.8) is 0 Å². The number of hydrogen-bond acceptors (Lipinski definition) is 6. The van der Waals surface area contributed by atoms with Crippen molar-refractivity contribution in [1.29, 1.82) is 0 Å². The average Bonchev–Trinajstić information content (AvgIpc) is 3.18. The SMILES string of the molecule is O=C(CN1N=N[C@@H]2C(=O)N(c3ccc(Cl)cc3)C(=O)[C@@H]21)Nc1ccc(F)cc1. The fourth-order valence-electron chi connectivity index (χ4n) is 3.08. The maximum atomic E-state index is 12.9. The van der Waals surface area contributed by atoms with Gasteiger partial charge < -0.3 is 5.32 Å². The molecule has 2 atom stereocenters. The first-order chi connectivity index (χ1) is 13.4. The summed E-state index contributed by atoms with van der Waals surface area (Å²) in [6.07, 6.45) is 0. The Morgan fingerprint density at radius 1 is 1.07 bits per heavy atom. The molecule has 3 amide bonds. The number of nitrogens with zero attached hydrogens (tertiary/aromatic N) is 4. The smallest absolute Gasteiger partial charge is 0.263 e. The van der Waals surface area contributed by atoms with Crippen LogP contribution in [-0.2, 0) is 14.4 Å². The van der Waals surface area contributed by atoms with E-state index in [1.54, 1.807) is 24.3 Å². The average molecular weight is 402 g/mol. The standard InChI is InChI=1S/C18H13ClFN5O3/c19-10-1-7-13(8-2-10)25-17(27)15-16(18(25)28)24(23-22-15)9-14(26)21-12-5-3-11(20)4-6-12/h1-8,15-16H,9H2,(H,21,26)/t15-,16+/m0/s1. The third-order valence-corrected chi connectivity index (χ3v) is 4.63. The predicted molar refractivity (Wildman–Crippen MR) is 98.1 cm³/mol. The summed E-state index contributed by atoms with van der Waals surface area (Å²) >= 11 is 5.85. The third-order valence-electron chi connectivity index (χ3n) is 4.38. The minimum atomic E-state index is -0.998. The molecule has 0 aromatic heterocycles. The topological polar surface area (TPSA) is 94.4 Å². The van der Waals surface area contributed by atoms with Crippen LogP contribution in [0.3, 0.4) is 0 Å². The number of imide groups is 1. The first kappa shape index (κ1) is 18.1. The first-order valence-electron chi connectivity index (χ1n) is 8.30. The highest BCUT2D eigenvalue weighted by Gasteiger charge is 2.55. The van der Waals surface area contributed by atoms with Gasteiger partial charge in [-0.3, -0.25) is 19.4 Å². The number of halogens is 2. The van der Waals surface area contributed by atoms with Gasteiger partial charge in [-0.2, -0.15) is 5.11 Å². The van der Waals surface area contributed by atoms with Crippen LogP contribution in [-0.4, -0.2) is 41.4 Å². The number of amides is 3. The Hall–Kier alpha value is -3.33. The zero-order valence-corrected chi connectivity index (χ0v) is 15.0. The lowest BCUT2D eigenvalue weighted by Gasteiger charge is -2.20. The van der Waals surface area contributed by atoms with Crippen LogP contribution in [0.2, 0.25) is 5.02 Å². The lowest BCUT2D eigenvalue weighted by Crippen LogP contribution is -2.43. The molecule has 0 saturated carbocycles. The van der Waals surface area contributed by atoms with E-state index in [4.69, 9.17) is 11.6 Å². The molecular weight excluding hydrogens is 389 g/mol. The summed E-state index contributed by atoms with van der Waals surface area (Å²) in [7, 11) is 0. The molecule has 1 fully saturated rings. The Labute approximate surface area is 163 Å². The fraction of sp³-hybridized carbons (Fsp3) is 0.167. The number of benzene rings is 2. The number of rotatable bonds is 4. The number of hydrogen-bond donors (Lipinski definition) is 1. The van der Waals surface area contributed by atoms with E-state index in [-0.39, 0.29) is 6.54 Å². The lowest BCUT2D eigenvalue weighted by molar-refractivity contribution is -0.123. The Morgan fingerprint density at radius 2 is 1.75 bits per heavy atom. The second-order valence-electron chi connectivity index (χ2n) is 6.24. The summed E-state index contributed by atoms with van der Waals surface area (Å²) in [5, 5.41) is 11.9. The molecule has 0 spiro atoms. The van der Waals surface area contributed by atoms with Gasteiger partial charge in [0.2, 0.25) is 5.91 Å². The largest absolute Gasteiger partial charge is 0.324 e. The van der Waals surface area contributed by atoms with Gasteiger partial charge in [0.15, 0.2) is 12.1 Å². The minimum Gasteiger partial charge on any atom is -0.324 e. The van der Waals surface area contributed by atoms with E-state index < -0.39 is 35.6 Å². The Balaban J connectivity index is 1.48. The summed E-state index contributed by atoms with van der Waals surface area (Å²) in [4.78, 5) is 38.7. The molecule has 10 heteroatoms. The van der Waals surface area contributed by atoms with Gasteiger partial charge in [0.05, 0.1) is 5.69 Å². The van der Waals surface area contributed by atoms with Gasteiger partial charge >= 0.3 is 0 Å². The highest BCUT2D eigenvalue weighted by Crippen LogP contribution is 2.32. The van der Waals surface area contributed by atoms with Crippen molar-refractivity contribution in [2.24, 2.45) is 10.3 Å². The van der Waals surface area contributed by atoms with E-state index in [0.29, 0.717) is 16.4 Å². The highest BCUT2D eigenvalue weighted by atomic mass is 35.5. The molecule has 0 radical (unpaired) electrons. The summed E-state index contributed by atoms with van der Waals surface area (Å²) in [5.41, 5.74) is 0.774. The second kappa shape index (κ2) is 7.01. The Morgan fingerprint density at radius 3 is 2.43 bits per heavy atom. The molecular formula is C18H13ClFN5O3. The lowest BCUT2D eigenvalue weighted by atomic mass is 10.1. The predicted octanol–water partition coefficient (Wildman–Crippen LogP) is 2.41. The first-order valence-corrected chi connectivity index (χ1v) is 8.68. The molecule has 2 aromatic rings. The molecule has 0 unspecified atom stereocenters. The van der Waals surface area contributed by atoms with E-state index >= 15 is 0 Å². The summed E-state index contributed by atoms with van der Waals surface area (Å²) in [6, 6.07) is 9.52. The number of nitrogens with one attached hydrogen (secondary N) is 1. The van der Waals surface area contributed by atoms with Crippen molar-refractivity contribution >= 4 is 40.7 Å². The van der Waals surface area contributed by atoms with E-state index in [2.05, 4.69) is 15.7 Å². The van der Waals surface area contributed by atoms with Crippen molar-refractivity contribution in [3.05, 3.63) is 59.4 Å². The summed E-state index contributed by atoms with van der Waals surface area (Å²) in [6.45, 7) is -0.282. The van der Waals surface area contributed by atoms with Crippen molar-refractivity contribution < 1.29 is 18.8 Å². The van der Waals surface area contributed by atoms with Gasteiger partial charge in [0.1, 0.15) is 12.4 Å². The van der Waals surface area contributed by atoms with Crippen LogP contribution in [0.5, 0.6) is 0 Å². The molecule has 2 aliphatic heterocycles. The van der Waals surface area contributed by atoms with E-state index in [0.717, 1.165) is 4.90 Å². The zero-order chi connectivity index (χ0) is 19.8. The van der Waals surface area contributed by atoms with E-state index in [9.17, 15) is 18.8 Å². The van der Waals surface area contributed by atoms with Crippen molar-refractivity contribution in [1.82, 2.24) is 5.01 Å². The molecule has 4 rings (SSSR count). The molecule has 8 nitrogen and oxygen atoms in total. The molecule has 1 N–H and O–H groups in total. The van der Waals surface area contributed by atoms with Crippen molar-refractivity contribution in [2.45, 2.75) is 12.1 Å². The van der Waals surface area contributed by atoms with Crippen LogP contribution in [0.1, 0.15) is 0 Å². The monoisotopic (exact) mass is 401 g/mol. The summed E-state index contributed by atoms with van der Waals surface area (Å²) < 4.78 is 12.9. The van der Waals surface area contributed by atoms with Gasteiger partial charge in [0, 0.05) is 10.7 Å².